The van der Waals surface area contributed by atoms with Gasteiger partial charge in [0.2, 0.25) is 0 Å². The van der Waals surface area contributed by atoms with Crippen LogP contribution in [0.2, 0.25) is 0 Å². The third-order valence-corrected chi connectivity index (χ3v) is 4.66. The van der Waals surface area contributed by atoms with E-state index in [-0.39, 0.29) is 5.91 Å². The minimum Gasteiger partial charge on any atom is -0.444 e. The van der Waals surface area contributed by atoms with Crippen LogP contribution in [-0.2, 0) is 11.3 Å². The molecule has 0 aliphatic rings. The second kappa shape index (κ2) is 9.04. The maximum atomic E-state index is 12.6. The normalized spacial score (nSPS) is 11.1. The van der Waals surface area contributed by atoms with E-state index < -0.39 is 11.7 Å². The Morgan fingerprint density at radius 2 is 1.65 bits per heavy atom. The molecule has 0 spiro atoms. The summed E-state index contributed by atoms with van der Waals surface area (Å²) in [5.41, 5.74) is 4.31. The van der Waals surface area contributed by atoms with E-state index in [2.05, 4.69) is 15.7 Å². The second-order valence-corrected chi connectivity index (χ2v) is 8.28. The fraction of sp³-hybridized carbons (Fsp3) is 0.292. The molecule has 0 fully saturated rings. The molecule has 0 aliphatic heterocycles. The average Bonchev–Trinajstić information content (AvgIpc) is 2.99. The molecule has 0 unspecified atom stereocenters. The van der Waals surface area contributed by atoms with Crippen LogP contribution >= 0.6 is 0 Å². The molecule has 1 aromatic heterocycles. The molecule has 2 amide bonds. The average molecular weight is 421 g/mol. The van der Waals surface area contributed by atoms with Crippen LogP contribution in [0.3, 0.4) is 0 Å². The van der Waals surface area contributed by atoms with Crippen LogP contribution in [0.5, 0.6) is 0 Å². The fourth-order valence-electron chi connectivity index (χ4n) is 3.15. The molecule has 0 bridgehead atoms. The first-order chi connectivity index (χ1) is 14.6. The van der Waals surface area contributed by atoms with E-state index in [0.717, 1.165) is 22.6 Å². The predicted octanol–water partition coefficient (Wildman–Crippen LogP) is 4.77. The van der Waals surface area contributed by atoms with E-state index in [1.807, 2.05) is 48.9 Å². The van der Waals surface area contributed by atoms with Crippen molar-refractivity contribution in [1.82, 2.24) is 15.1 Å². The van der Waals surface area contributed by atoms with Crippen LogP contribution in [0.4, 0.5) is 10.5 Å². The number of hydrogen-bond donors (Lipinski definition) is 2. The highest BCUT2D eigenvalue weighted by Crippen LogP contribution is 2.18. The van der Waals surface area contributed by atoms with Crippen molar-refractivity contribution in [1.29, 1.82) is 0 Å². The maximum absolute atomic E-state index is 12.6. The first-order valence-electron chi connectivity index (χ1n) is 10.1. The lowest BCUT2D eigenvalue weighted by Crippen LogP contribution is -2.27. The van der Waals surface area contributed by atoms with Gasteiger partial charge in [0.1, 0.15) is 5.60 Å². The Labute approximate surface area is 182 Å². The maximum Gasteiger partial charge on any atom is 0.412 e. The van der Waals surface area contributed by atoms with Crippen molar-refractivity contribution in [3.05, 3.63) is 77.1 Å². The number of amides is 2. The largest absolute Gasteiger partial charge is 0.444 e. The third-order valence-electron chi connectivity index (χ3n) is 4.66. The summed E-state index contributed by atoms with van der Waals surface area (Å²) < 4.78 is 7.11. The molecule has 7 nitrogen and oxygen atoms in total. The SMILES string of the molecule is Cc1nn(-c2ccccc2)c(C)c1CNC(=O)c1ccc(NC(=O)OC(C)(C)C)cc1. The Balaban J connectivity index is 1.63. The first kappa shape index (κ1) is 22.1. The molecule has 0 atom stereocenters. The molecule has 31 heavy (non-hydrogen) atoms. The quantitative estimate of drug-likeness (QED) is 0.623. The number of aromatic nitrogens is 2. The number of nitrogens with one attached hydrogen (secondary N) is 2. The molecule has 0 saturated carbocycles. The third kappa shape index (κ3) is 5.72. The Morgan fingerprint density at radius 1 is 1.00 bits per heavy atom. The van der Waals surface area contributed by atoms with Gasteiger partial charge in [0.15, 0.2) is 0 Å². The van der Waals surface area contributed by atoms with Crippen molar-refractivity contribution in [2.24, 2.45) is 0 Å². The van der Waals surface area contributed by atoms with E-state index in [1.54, 1.807) is 45.0 Å². The molecule has 2 N–H and O–H groups in total. The van der Waals surface area contributed by atoms with Crippen molar-refractivity contribution in [3.8, 4) is 5.69 Å². The standard InChI is InChI=1S/C24H28N4O3/c1-16-21(17(2)28(27-16)20-9-7-6-8-10-20)15-25-22(29)18-11-13-19(14-12-18)26-23(30)31-24(3,4)5/h6-14H,15H2,1-5H3,(H,25,29)(H,26,30). The second-order valence-electron chi connectivity index (χ2n) is 8.28. The lowest BCUT2D eigenvalue weighted by atomic mass is 10.1. The van der Waals surface area contributed by atoms with Crippen molar-refractivity contribution in [2.75, 3.05) is 5.32 Å². The van der Waals surface area contributed by atoms with Gasteiger partial charge in [-0.05, 0) is 71.0 Å². The van der Waals surface area contributed by atoms with Gasteiger partial charge in [-0.2, -0.15) is 5.10 Å². The minimum atomic E-state index is -0.575. The number of rotatable bonds is 5. The summed E-state index contributed by atoms with van der Waals surface area (Å²) in [6, 6.07) is 16.5. The molecule has 1 heterocycles. The first-order valence-corrected chi connectivity index (χ1v) is 10.1. The van der Waals surface area contributed by atoms with Gasteiger partial charge < -0.3 is 10.1 Å². The number of carbonyl (C=O) groups excluding carboxylic acids is 2. The summed E-state index contributed by atoms with van der Waals surface area (Å²) in [6.07, 6.45) is -0.536. The molecule has 0 saturated heterocycles. The van der Waals surface area contributed by atoms with Gasteiger partial charge in [-0.3, -0.25) is 10.1 Å². The van der Waals surface area contributed by atoms with Gasteiger partial charge in [0.05, 0.1) is 11.4 Å². The number of nitrogens with zero attached hydrogens (tertiary/aromatic N) is 2. The summed E-state index contributed by atoms with van der Waals surface area (Å²) >= 11 is 0. The van der Waals surface area contributed by atoms with Crippen molar-refractivity contribution >= 4 is 17.7 Å². The zero-order valence-electron chi connectivity index (χ0n) is 18.5. The molecular weight excluding hydrogens is 392 g/mol. The molecule has 7 heteroatoms. The van der Waals surface area contributed by atoms with Crippen LogP contribution in [0, 0.1) is 13.8 Å². The van der Waals surface area contributed by atoms with E-state index in [4.69, 9.17) is 4.74 Å². The van der Waals surface area contributed by atoms with Crippen LogP contribution in [-0.4, -0.2) is 27.4 Å². The topological polar surface area (TPSA) is 85.3 Å². The van der Waals surface area contributed by atoms with Crippen molar-refractivity contribution < 1.29 is 14.3 Å². The van der Waals surface area contributed by atoms with Gasteiger partial charge in [0.25, 0.3) is 5.91 Å². The van der Waals surface area contributed by atoms with Gasteiger partial charge in [-0.1, -0.05) is 18.2 Å². The Hall–Kier alpha value is -3.61. The summed E-state index contributed by atoms with van der Waals surface area (Å²) in [4.78, 5) is 24.4. The highest BCUT2D eigenvalue weighted by molar-refractivity contribution is 5.95. The number of para-hydroxylation sites is 1. The minimum absolute atomic E-state index is 0.199. The Kier molecular flexibility index (Phi) is 6.44. The molecule has 2 aromatic carbocycles. The molecule has 0 aliphatic carbocycles. The van der Waals surface area contributed by atoms with Crippen LogP contribution in [0.15, 0.2) is 54.6 Å². The summed E-state index contributed by atoms with van der Waals surface area (Å²) in [6.45, 7) is 9.70. The molecule has 0 radical (unpaired) electrons. The van der Waals surface area contributed by atoms with Gasteiger partial charge in [-0.15, -0.1) is 0 Å². The van der Waals surface area contributed by atoms with Crippen LogP contribution < -0.4 is 10.6 Å². The van der Waals surface area contributed by atoms with E-state index in [9.17, 15) is 9.59 Å². The zero-order valence-corrected chi connectivity index (χ0v) is 18.5. The number of ether oxygens (including phenoxy) is 1. The fourth-order valence-corrected chi connectivity index (χ4v) is 3.15. The van der Waals surface area contributed by atoms with Gasteiger partial charge in [0, 0.05) is 29.1 Å². The number of benzene rings is 2. The number of hydrogen-bond acceptors (Lipinski definition) is 4. The van der Waals surface area contributed by atoms with E-state index in [0.29, 0.717) is 17.8 Å². The van der Waals surface area contributed by atoms with Crippen molar-refractivity contribution in [3.63, 3.8) is 0 Å². The summed E-state index contributed by atoms with van der Waals surface area (Å²) in [5.74, 6) is -0.199. The highest BCUT2D eigenvalue weighted by Gasteiger charge is 2.17. The summed E-state index contributed by atoms with van der Waals surface area (Å²) in [5, 5.41) is 10.2. The zero-order chi connectivity index (χ0) is 22.6. The lowest BCUT2D eigenvalue weighted by molar-refractivity contribution is 0.0635. The smallest absolute Gasteiger partial charge is 0.412 e. The number of aryl methyl sites for hydroxylation is 1. The Morgan fingerprint density at radius 3 is 2.26 bits per heavy atom. The summed E-state index contributed by atoms with van der Waals surface area (Å²) in [7, 11) is 0. The Bertz CT molecular complexity index is 1060. The molecule has 3 rings (SSSR count). The monoisotopic (exact) mass is 420 g/mol. The highest BCUT2D eigenvalue weighted by atomic mass is 16.6. The number of carbonyl (C=O) groups is 2. The van der Waals surface area contributed by atoms with Gasteiger partial charge >= 0.3 is 6.09 Å². The molecule has 3 aromatic rings. The van der Waals surface area contributed by atoms with Crippen LogP contribution in [0.25, 0.3) is 5.69 Å². The molecular formula is C24H28N4O3. The van der Waals surface area contributed by atoms with Crippen molar-refractivity contribution in [2.45, 2.75) is 46.8 Å². The molecule has 162 valence electrons. The lowest BCUT2D eigenvalue weighted by Gasteiger charge is -2.19. The predicted molar refractivity (Wildman–Crippen MR) is 121 cm³/mol. The van der Waals surface area contributed by atoms with E-state index in [1.165, 1.54) is 0 Å². The number of anilines is 1. The van der Waals surface area contributed by atoms with Crippen LogP contribution in [0.1, 0.15) is 48.1 Å². The van der Waals surface area contributed by atoms with E-state index >= 15 is 0 Å². The van der Waals surface area contributed by atoms with Gasteiger partial charge in [-0.25, -0.2) is 9.48 Å².